The third-order valence-corrected chi connectivity index (χ3v) is 2.97. The molecule has 0 bridgehead atoms. The summed E-state index contributed by atoms with van der Waals surface area (Å²) in [7, 11) is 3.20. The van der Waals surface area contributed by atoms with Crippen molar-refractivity contribution < 1.29 is 14.3 Å². The minimum Gasteiger partial charge on any atom is -0.497 e. The number of ether oxygens (including phenoxy) is 2. The number of rotatable bonds is 5. The standard InChI is InChI=1S/C17H16O3/c1-19-16-9-6-13(7-10-16)3-4-14-5-8-15(12-18)17(11-14)20-2/h3-12H,1-2H3/b4-3+. The molecular weight excluding hydrogens is 252 g/mol. The third kappa shape index (κ3) is 3.26. The molecule has 102 valence electrons. The summed E-state index contributed by atoms with van der Waals surface area (Å²) in [6, 6.07) is 13.2. The van der Waals surface area contributed by atoms with Crippen molar-refractivity contribution in [2.75, 3.05) is 14.2 Å². The minimum atomic E-state index is 0.550. The molecule has 0 atom stereocenters. The van der Waals surface area contributed by atoms with Crippen LogP contribution < -0.4 is 9.47 Å². The van der Waals surface area contributed by atoms with E-state index in [1.165, 1.54) is 0 Å². The van der Waals surface area contributed by atoms with Crippen LogP contribution in [0.3, 0.4) is 0 Å². The lowest BCUT2D eigenvalue weighted by Crippen LogP contribution is -1.90. The molecule has 0 aromatic heterocycles. The summed E-state index contributed by atoms with van der Waals surface area (Å²) in [5, 5.41) is 0. The van der Waals surface area contributed by atoms with Crippen molar-refractivity contribution in [2.45, 2.75) is 0 Å². The van der Waals surface area contributed by atoms with Crippen LogP contribution in [0.15, 0.2) is 42.5 Å². The molecule has 2 aromatic rings. The van der Waals surface area contributed by atoms with Gasteiger partial charge in [-0.25, -0.2) is 0 Å². The Morgan fingerprint density at radius 2 is 1.50 bits per heavy atom. The fourth-order valence-electron chi connectivity index (χ4n) is 1.84. The predicted octanol–water partition coefficient (Wildman–Crippen LogP) is 3.69. The SMILES string of the molecule is COc1ccc(/C=C/c2ccc(C=O)c(OC)c2)cc1. The summed E-state index contributed by atoms with van der Waals surface area (Å²) < 4.78 is 10.3. The van der Waals surface area contributed by atoms with Crippen LogP contribution in [0, 0.1) is 0 Å². The van der Waals surface area contributed by atoms with Gasteiger partial charge in [0.05, 0.1) is 19.8 Å². The van der Waals surface area contributed by atoms with Crippen LogP contribution >= 0.6 is 0 Å². The van der Waals surface area contributed by atoms with Gasteiger partial charge in [0.2, 0.25) is 0 Å². The molecule has 0 heterocycles. The van der Waals surface area contributed by atoms with Gasteiger partial charge in [0.25, 0.3) is 0 Å². The molecule has 3 heteroatoms. The summed E-state index contributed by atoms with van der Waals surface area (Å²) in [5.74, 6) is 1.41. The van der Waals surface area contributed by atoms with Gasteiger partial charge in [-0.05, 0) is 35.4 Å². The van der Waals surface area contributed by atoms with E-state index in [-0.39, 0.29) is 0 Å². The maximum absolute atomic E-state index is 10.8. The lowest BCUT2D eigenvalue weighted by molar-refractivity contribution is 0.112. The maximum Gasteiger partial charge on any atom is 0.153 e. The molecule has 2 rings (SSSR count). The molecular formula is C17H16O3. The zero-order valence-corrected chi connectivity index (χ0v) is 11.5. The monoisotopic (exact) mass is 268 g/mol. The van der Waals surface area contributed by atoms with Gasteiger partial charge in [-0.2, -0.15) is 0 Å². The lowest BCUT2D eigenvalue weighted by Gasteiger charge is -2.04. The first-order valence-corrected chi connectivity index (χ1v) is 6.22. The van der Waals surface area contributed by atoms with E-state index in [9.17, 15) is 4.79 Å². The van der Waals surface area contributed by atoms with Crippen molar-refractivity contribution in [1.29, 1.82) is 0 Å². The van der Waals surface area contributed by atoms with Crippen molar-refractivity contribution in [3.8, 4) is 11.5 Å². The summed E-state index contributed by atoms with van der Waals surface area (Å²) in [4.78, 5) is 10.8. The average Bonchev–Trinajstić information content (AvgIpc) is 2.53. The zero-order chi connectivity index (χ0) is 14.4. The van der Waals surface area contributed by atoms with Gasteiger partial charge in [-0.3, -0.25) is 4.79 Å². The van der Waals surface area contributed by atoms with Gasteiger partial charge < -0.3 is 9.47 Å². The van der Waals surface area contributed by atoms with Crippen LogP contribution in [0.2, 0.25) is 0 Å². The van der Waals surface area contributed by atoms with Gasteiger partial charge in [-0.15, -0.1) is 0 Å². The second kappa shape index (κ2) is 6.57. The van der Waals surface area contributed by atoms with Crippen molar-refractivity contribution in [1.82, 2.24) is 0 Å². The Balaban J connectivity index is 2.19. The summed E-state index contributed by atoms with van der Waals surface area (Å²) in [6.07, 6.45) is 4.75. The Hall–Kier alpha value is -2.55. The summed E-state index contributed by atoms with van der Waals surface area (Å²) in [5.41, 5.74) is 2.60. The van der Waals surface area contributed by atoms with E-state index in [0.717, 1.165) is 23.2 Å². The van der Waals surface area contributed by atoms with Crippen LogP contribution in [-0.2, 0) is 0 Å². The average molecular weight is 268 g/mol. The molecule has 0 saturated heterocycles. The van der Waals surface area contributed by atoms with Gasteiger partial charge in [0.1, 0.15) is 11.5 Å². The number of methoxy groups -OCH3 is 2. The highest BCUT2D eigenvalue weighted by Crippen LogP contribution is 2.20. The Bertz CT molecular complexity index is 613. The molecule has 0 fully saturated rings. The van der Waals surface area contributed by atoms with Crippen LogP contribution in [-0.4, -0.2) is 20.5 Å². The van der Waals surface area contributed by atoms with Gasteiger partial charge in [0.15, 0.2) is 6.29 Å². The molecule has 0 aliphatic rings. The molecule has 0 amide bonds. The smallest absolute Gasteiger partial charge is 0.153 e. The van der Waals surface area contributed by atoms with Crippen LogP contribution in [0.1, 0.15) is 21.5 Å². The van der Waals surface area contributed by atoms with E-state index in [2.05, 4.69) is 0 Å². The highest BCUT2D eigenvalue weighted by Gasteiger charge is 2.01. The fourth-order valence-corrected chi connectivity index (χ4v) is 1.84. The first-order valence-electron chi connectivity index (χ1n) is 6.22. The van der Waals surface area contributed by atoms with Crippen LogP contribution in [0.5, 0.6) is 11.5 Å². The van der Waals surface area contributed by atoms with E-state index in [1.807, 2.05) is 48.6 Å². The molecule has 0 spiro atoms. The summed E-state index contributed by atoms with van der Waals surface area (Å²) >= 11 is 0. The lowest BCUT2D eigenvalue weighted by atomic mass is 10.1. The van der Waals surface area contributed by atoms with Crippen molar-refractivity contribution in [3.63, 3.8) is 0 Å². The molecule has 20 heavy (non-hydrogen) atoms. The normalized spacial score (nSPS) is 10.5. The van der Waals surface area contributed by atoms with Gasteiger partial charge >= 0.3 is 0 Å². The predicted molar refractivity (Wildman–Crippen MR) is 80.3 cm³/mol. The molecule has 0 radical (unpaired) electrons. The van der Waals surface area contributed by atoms with E-state index in [1.54, 1.807) is 20.3 Å². The van der Waals surface area contributed by atoms with Crippen molar-refractivity contribution in [3.05, 3.63) is 59.2 Å². The molecule has 0 saturated carbocycles. The molecule has 0 aliphatic heterocycles. The Morgan fingerprint density at radius 1 is 0.850 bits per heavy atom. The number of aldehydes is 1. The third-order valence-electron chi connectivity index (χ3n) is 2.97. The molecule has 0 N–H and O–H groups in total. The topological polar surface area (TPSA) is 35.5 Å². The van der Waals surface area contributed by atoms with Gasteiger partial charge in [0, 0.05) is 0 Å². The van der Waals surface area contributed by atoms with E-state index in [4.69, 9.17) is 9.47 Å². The number of benzene rings is 2. The largest absolute Gasteiger partial charge is 0.497 e. The fraction of sp³-hybridized carbons (Fsp3) is 0.118. The van der Waals surface area contributed by atoms with Gasteiger partial charge in [-0.1, -0.05) is 30.4 Å². The highest BCUT2D eigenvalue weighted by molar-refractivity contribution is 5.81. The second-order valence-corrected chi connectivity index (χ2v) is 4.23. The Morgan fingerprint density at radius 3 is 2.10 bits per heavy atom. The Kier molecular flexibility index (Phi) is 4.56. The summed E-state index contributed by atoms with van der Waals surface area (Å²) in [6.45, 7) is 0. The van der Waals surface area contributed by atoms with E-state index < -0.39 is 0 Å². The highest BCUT2D eigenvalue weighted by atomic mass is 16.5. The zero-order valence-electron chi connectivity index (χ0n) is 11.5. The first-order chi connectivity index (χ1) is 9.76. The maximum atomic E-state index is 10.8. The van der Waals surface area contributed by atoms with Crippen LogP contribution in [0.4, 0.5) is 0 Å². The van der Waals surface area contributed by atoms with Crippen molar-refractivity contribution in [2.24, 2.45) is 0 Å². The first kappa shape index (κ1) is 13.9. The van der Waals surface area contributed by atoms with Crippen molar-refractivity contribution >= 4 is 18.4 Å². The van der Waals surface area contributed by atoms with E-state index >= 15 is 0 Å². The van der Waals surface area contributed by atoms with Crippen LogP contribution in [0.25, 0.3) is 12.2 Å². The second-order valence-electron chi connectivity index (χ2n) is 4.23. The van der Waals surface area contributed by atoms with E-state index in [0.29, 0.717) is 11.3 Å². The number of carbonyl (C=O) groups excluding carboxylic acids is 1. The molecule has 0 aliphatic carbocycles. The number of hydrogen-bond donors (Lipinski definition) is 0. The quantitative estimate of drug-likeness (QED) is 0.613. The molecule has 2 aromatic carbocycles. The molecule has 3 nitrogen and oxygen atoms in total. The minimum absolute atomic E-state index is 0.550. The number of carbonyl (C=O) groups is 1. The number of hydrogen-bond acceptors (Lipinski definition) is 3. The Labute approximate surface area is 118 Å². The molecule has 0 unspecified atom stereocenters.